The zero-order valence-corrected chi connectivity index (χ0v) is 16.0. The van der Waals surface area contributed by atoms with Gasteiger partial charge in [-0.2, -0.15) is 0 Å². The van der Waals surface area contributed by atoms with Crippen molar-refractivity contribution in [3.8, 4) is 5.88 Å². The largest absolute Gasteiger partial charge is 0.474 e. The summed E-state index contributed by atoms with van der Waals surface area (Å²) in [6.07, 6.45) is 6.49. The van der Waals surface area contributed by atoms with E-state index in [1.165, 1.54) is 12.8 Å². The van der Waals surface area contributed by atoms with E-state index in [0.717, 1.165) is 35.2 Å². The molecule has 1 rings (SSSR count). The van der Waals surface area contributed by atoms with Crippen LogP contribution in [0.2, 0.25) is 0 Å². The Labute approximate surface area is 143 Å². The zero-order valence-electron chi connectivity index (χ0n) is 14.4. The number of unbranched alkanes of at least 4 members (excludes halogenated alkanes) is 1. The first-order chi connectivity index (χ1) is 10.5. The lowest BCUT2D eigenvalue weighted by atomic mass is 10.1. The maximum atomic E-state index is 6.06. The van der Waals surface area contributed by atoms with Crippen LogP contribution in [0.1, 0.15) is 52.1 Å². The monoisotopic (exact) mass is 369 g/mol. The Morgan fingerprint density at radius 1 is 1.41 bits per heavy atom. The number of pyridine rings is 1. The normalized spacial score (nSPS) is 12.6. The quantitative estimate of drug-likeness (QED) is 0.448. The van der Waals surface area contributed by atoms with E-state index in [-0.39, 0.29) is 6.10 Å². The molecule has 1 unspecified atom stereocenters. The van der Waals surface area contributed by atoms with E-state index in [1.807, 2.05) is 31.3 Å². The second-order valence-electron chi connectivity index (χ2n) is 5.49. The molecule has 0 saturated carbocycles. The number of hydrogen-bond acceptors (Lipinski definition) is 3. The van der Waals surface area contributed by atoms with Gasteiger partial charge in [-0.3, -0.25) is 0 Å². The summed E-state index contributed by atoms with van der Waals surface area (Å²) in [6.45, 7) is 9.33. The second-order valence-corrected chi connectivity index (χ2v) is 6.34. The summed E-state index contributed by atoms with van der Waals surface area (Å²) in [6, 6.07) is 1.98. The van der Waals surface area contributed by atoms with Crippen LogP contribution in [-0.2, 0) is 0 Å². The first-order valence-electron chi connectivity index (χ1n) is 8.09. The van der Waals surface area contributed by atoms with Gasteiger partial charge in [0.1, 0.15) is 6.10 Å². The summed E-state index contributed by atoms with van der Waals surface area (Å²) < 4.78 is 6.92. The highest BCUT2D eigenvalue weighted by molar-refractivity contribution is 9.10. The van der Waals surface area contributed by atoms with Gasteiger partial charge in [-0.1, -0.05) is 26.7 Å². The summed E-state index contributed by atoms with van der Waals surface area (Å²) in [7, 11) is 2.00. The highest BCUT2D eigenvalue weighted by atomic mass is 79.9. The van der Waals surface area contributed by atoms with Gasteiger partial charge in [0.05, 0.1) is 22.2 Å². The number of rotatable bonds is 9. The van der Waals surface area contributed by atoms with Gasteiger partial charge >= 0.3 is 0 Å². The summed E-state index contributed by atoms with van der Waals surface area (Å²) in [5, 5.41) is 0. The fraction of sp³-hybridized carbons (Fsp3) is 0.647. The van der Waals surface area contributed by atoms with E-state index in [0.29, 0.717) is 5.88 Å². The van der Waals surface area contributed by atoms with Gasteiger partial charge in [0.15, 0.2) is 0 Å². The molecular formula is C17H28BrN3O. The second kappa shape index (κ2) is 9.82. The third kappa shape index (κ3) is 5.95. The fourth-order valence-electron chi connectivity index (χ4n) is 1.94. The van der Waals surface area contributed by atoms with Crippen molar-refractivity contribution in [1.29, 1.82) is 0 Å². The number of halogens is 1. The molecule has 1 aromatic rings. The minimum Gasteiger partial charge on any atom is -0.474 e. The number of aromatic nitrogens is 1. The fourth-order valence-corrected chi connectivity index (χ4v) is 2.34. The van der Waals surface area contributed by atoms with Crippen LogP contribution in [0.25, 0.3) is 0 Å². The summed E-state index contributed by atoms with van der Waals surface area (Å²) in [4.78, 5) is 11.1. The van der Waals surface area contributed by atoms with Gasteiger partial charge in [-0.15, -0.1) is 0 Å². The van der Waals surface area contributed by atoms with E-state index in [4.69, 9.17) is 4.74 Å². The molecule has 22 heavy (non-hydrogen) atoms. The predicted octanol–water partition coefficient (Wildman–Crippen LogP) is 5.11. The molecule has 0 fully saturated rings. The molecule has 0 amide bonds. The minimum atomic E-state index is 0.226. The van der Waals surface area contributed by atoms with Crippen LogP contribution in [0.3, 0.4) is 0 Å². The molecule has 0 aliphatic heterocycles. The Kier molecular flexibility index (Phi) is 8.46. The lowest BCUT2D eigenvalue weighted by molar-refractivity contribution is 0.174. The number of aryl methyl sites for hydroxylation is 1. The van der Waals surface area contributed by atoms with Crippen molar-refractivity contribution in [3.63, 3.8) is 0 Å². The first-order valence-corrected chi connectivity index (χ1v) is 8.89. The maximum absolute atomic E-state index is 6.06. The van der Waals surface area contributed by atoms with Crippen LogP contribution in [0.15, 0.2) is 15.5 Å². The van der Waals surface area contributed by atoms with Gasteiger partial charge in [0.25, 0.3) is 0 Å². The molecule has 1 atom stereocenters. The van der Waals surface area contributed by atoms with Crippen molar-refractivity contribution >= 4 is 28.0 Å². The van der Waals surface area contributed by atoms with Gasteiger partial charge in [0.2, 0.25) is 5.88 Å². The summed E-state index contributed by atoms with van der Waals surface area (Å²) in [5.41, 5.74) is 1.74. The van der Waals surface area contributed by atoms with Crippen molar-refractivity contribution in [2.24, 2.45) is 4.99 Å². The van der Waals surface area contributed by atoms with E-state index in [1.54, 1.807) is 0 Å². The number of ether oxygens (including phenoxy) is 1. The Balaban J connectivity index is 2.86. The van der Waals surface area contributed by atoms with Crippen LogP contribution in [0.4, 0.5) is 5.69 Å². The highest BCUT2D eigenvalue weighted by Gasteiger charge is 2.13. The Bertz CT molecular complexity index is 491. The van der Waals surface area contributed by atoms with E-state index in [9.17, 15) is 0 Å². The Morgan fingerprint density at radius 2 is 2.14 bits per heavy atom. The minimum absolute atomic E-state index is 0.226. The molecule has 0 aliphatic rings. The van der Waals surface area contributed by atoms with Crippen LogP contribution < -0.4 is 4.74 Å². The predicted molar refractivity (Wildman–Crippen MR) is 97.4 cm³/mol. The molecule has 1 heterocycles. The molecule has 0 aliphatic carbocycles. The van der Waals surface area contributed by atoms with Crippen LogP contribution in [0, 0.1) is 6.92 Å². The standard InChI is InChI=1S/C17H28BrN3O/c1-6-9-10-14(7-2)22-17-15(18)11-16(13(4)20-17)19-12-21(5)8-3/h11-12,14H,6-10H2,1-5H3. The Morgan fingerprint density at radius 3 is 2.73 bits per heavy atom. The third-order valence-electron chi connectivity index (χ3n) is 3.61. The molecule has 4 nitrogen and oxygen atoms in total. The van der Waals surface area contributed by atoms with Crippen molar-refractivity contribution < 1.29 is 4.74 Å². The van der Waals surface area contributed by atoms with Gasteiger partial charge in [-0.05, 0) is 48.7 Å². The number of hydrogen-bond donors (Lipinski definition) is 0. The maximum Gasteiger partial charge on any atom is 0.228 e. The van der Waals surface area contributed by atoms with Crippen molar-refractivity contribution in [2.45, 2.75) is 59.5 Å². The molecule has 0 spiro atoms. The topological polar surface area (TPSA) is 37.7 Å². The first kappa shape index (κ1) is 18.9. The lowest BCUT2D eigenvalue weighted by Gasteiger charge is -2.18. The molecule has 0 saturated heterocycles. The number of nitrogens with zero attached hydrogens (tertiary/aromatic N) is 3. The van der Waals surface area contributed by atoms with Gasteiger partial charge in [0, 0.05) is 13.6 Å². The SMILES string of the molecule is CCCCC(CC)Oc1nc(C)c(N=CN(C)CC)cc1Br. The van der Waals surface area contributed by atoms with Crippen molar-refractivity contribution in [3.05, 3.63) is 16.2 Å². The Hall–Kier alpha value is -1.10. The highest BCUT2D eigenvalue weighted by Crippen LogP contribution is 2.31. The van der Waals surface area contributed by atoms with Gasteiger partial charge < -0.3 is 9.64 Å². The van der Waals surface area contributed by atoms with Gasteiger partial charge in [-0.25, -0.2) is 9.98 Å². The molecule has 0 radical (unpaired) electrons. The van der Waals surface area contributed by atoms with Crippen molar-refractivity contribution in [2.75, 3.05) is 13.6 Å². The molecule has 0 bridgehead atoms. The molecule has 5 heteroatoms. The average molecular weight is 370 g/mol. The van der Waals surface area contributed by atoms with E-state index < -0.39 is 0 Å². The molecular weight excluding hydrogens is 342 g/mol. The average Bonchev–Trinajstić information content (AvgIpc) is 2.52. The molecule has 124 valence electrons. The van der Waals surface area contributed by atoms with Crippen LogP contribution in [-0.4, -0.2) is 35.9 Å². The summed E-state index contributed by atoms with van der Waals surface area (Å²) in [5.74, 6) is 0.670. The number of aliphatic imine (C=N–C) groups is 1. The van der Waals surface area contributed by atoms with Crippen molar-refractivity contribution in [1.82, 2.24) is 9.88 Å². The summed E-state index contributed by atoms with van der Waals surface area (Å²) >= 11 is 3.56. The van der Waals surface area contributed by atoms with Crippen LogP contribution in [0.5, 0.6) is 5.88 Å². The van der Waals surface area contributed by atoms with Crippen LogP contribution >= 0.6 is 15.9 Å². The third-order valence-corrected chi connectivity index (χ3v) is 4.18. The molecule has 0 aromatic carbocycles. The molecule has 1 aromatic heterocycles. The zero-order chi connectivity index (χ0) is 16.5. The molecule has 0 N–H and O–H groups in total. The van der Waals surface area contributed by atoms with E-state index >= 15 is 0 Å². The lowest BCUT2D eigenvalue weighted by Crippen LogP contribution is -2.16. The smallest absolute Gasteiger partial charge is 0.228 e. The van der Waals surface area contributed by atoms with E-state index in [2.05, 4.69) is 46.7 Å².